The molecule has 1 aliphatic carbocycles. The minimum Gasteiger partial charge on any atom is -0.378 e. The summed E-state index contributed by atoms with van der Waals surface area (Å²) in [4.78, 5) is 0. The van der Waals surface area contributed by atoms with Crippen LogP contribution in [0, 0.1) is 0 Å². The SMILES string of the molecule is CCOC1CC/C=C/CCC1. The summed E-state index contributed by atoms with van der Waals surface area (Å²) in [6.45, 7) is 2.95. The van der Waals surface area contributed by atoms with Crippen molar-refractivity contribution in [3.8, 4) is 0 Å². The van der Waals surface area contributed by atoms with E-state index in [0.717, 1.165) is 6.61 Å². The van der Waals surface area contributed by atoms with Gasteiger partial charge in [0.05, 0.1) is 6.10 Å². The van der Waals surface area contributed by atoms with Crippen molar-refractivity contribution in [1.29, 1.82) is 0 Å². The average Bonchev–Trinajstić information content (AvgIpc) is 1.94. The van der Waals surface area contributed by atoms with Gasteiger partial charge in [0, 0.05) is 6.61 Å². The zero-order chi connectivity index (χ0) is 7.94. The molecule has 0 fully saturated rings. The Kier molecular flexibility index (Phi) is 4.29. The molecule has 0 amide bonds. The highest BCUT2D eigenvalue weighted by Crippen LogP contribution is 2.14. The van der Waals surface area contributed by atoms with Gasteiger partial charge in [0.1, 0.15) is 0 Å². The lowest BCUT2D eigenvalue weighted by molar-refractivity contribution is 0.0496. The van der Waals surface area contributed by atoms with E-state index in [4.69, 9.17) is 4.74 Å². The van der Waals surface area contributed by atoms with Crippen molar-refractivity contribution in [3.63, 3.8) is 0 Å². The molecule has 0 aromatic carbocycles. The summed E-state index contributed by atoms with van der Waals surface area (Å²) in [5.74, 6) is 0. The maximum Gasteiger partial charge on any atom is 0.0578 e. The molecule has 1 rings (SSSR count). The predicted octanol–water partition coefficient (Wildman–Crippen LogP) is 2.91. The van der Waals surface area contributed by atoms with Crippen molar-refractivity contribution in [3.05, 3.63) is 12.2 Å². The first-order valence-electron chi connectivity index (χ1n) is 4.70. The lowest BCUT2D eigenvalue weighted by atomic mass is 10.0. The van der Waals surface area contributed by atoms with Crippen LogP contribution in [0.2, 0.25) is 0 Å². The minimum absolute atomic E-state index is 0.532. The molecule has 1 unspecified atom stereocenters. The maximum absolute atomic E-state index is 5.58. The Morgan fingerprint density at radius 2 is 2.09 bits per heavy atom. The molecule has 0 saturated heterocycles. The minimum atomic E-state index is 0.532. The number of allylic oxidation sites excluding steroid dienone is 2. The third kappa shape index (κ3) is 3.57. The highest BCUT2D eigenvalue weighted by Gasteiger charge is 2.07. The van der Waals surface area contributed by atoms with Crippen molar-refractivity contribution in [2.24, 2.45) is 0 Å². The summed E-state index contributed by atoms with van der Waals surface area (Å²) in [7, 11) is 0. The van der Waals surface area contributed by atoms with Crippen LogP contribution in [0.25, 0.3) is 0 Å². The third-order valence-corrected chi connectivity index (χ3v) is 2.12. The second-order valence-electron chi connectivity index (χ2n) is 3.06. The van der Waals surface area contributed by atoms with Gasteiger partial charge in [-0.25, -0.2) is 0 Å². The Hall–Kier alpha value is -0.300. The van der Waals surface area contributed by atoms with E-state index in [9.17, 15) is 0 Å². The number of rotatable bonds is 2. The van der Waals surface area contributed by atoms with Gasteiger partial charge >= 0.3 is 0 Å². The van der Waals surface area contributed by atoms with Gasteiger partial charge in [0.2, 0.25) is 0 Å². The van der Waals surface area contributed by atoms with E-state index >= 15 is 0 Å². The molecular formula is C10H18O. The van der Waals surface area contributed by atoms with Gasteiger partial charge < -0.3 is 4.74 Å². The van der Waals surface area contributed by atoms with Crippen molar-refractivity contribution >= 4 is 0 Å². The van der Waals surface area contributed by atoms with E-state index in [-0.39, 0.29) is 0 Å². The molecule has 0 bridgehead atoms. The highest BCUT2D eigenvalue weighted by molar-refractivity contribution is 4.85. The molecule has 11 heavy (non-hydrogen) atoms. The summed E-state index contributed by atoms with van der Waals surface area (Å²) in [6.07, 6.45) is 11.3. The zero-order valence-electron chi connectivity index (χ0n) is 7.38. The molecule has 0 aliphatic heterocycles. The van der Waals surface area contributed by atoms with Gasteiger partial charge in [-0.1, -0.05) is 12.2 Å². The van der Waals surface area contributed by atoms with Gasteiger partial charge in [0.25, 0.3) is 0 Å². The summed E-state index contributed by atoms with van der Waals surface area (Å²) in [6, 6.07) is 0. The van der Waals surface area contributed by atoms with Crippen LogP contribution < -0.4 is 0 Å². The van der Waals surface area contributed by atoms with Crippen LogP contribution in [0.1, 0.15) is 39.0 Å². The van der Waals surface area contributed by atoms with Gasteiger partial charge in [-0.2, -0.15) is 0 Å². The zero-order valence-corrected chi connectivity index (χ0v) is 7.38. The number of ether oxygens (including phenoxy) is 1. The fourth-order valence-corrected chi connectivity index (χ4v) is 1.53. The molecule has 0 aromatic heterocycles. The van der Waals surface area contributed by atoms with Crippen LogP contribution in [0.3, 0.4) is 0 Å². The lowest BCUT2D eigenvalue weighted by Gasteiger charge is -2.16. The standard InChI is InChI=1S/C10H18O/c1-2-11-10-8-6-4-3-5-7-9-10/h3-4,10H,2,5-9H2,1H3/b4-3+. The van der Waals surface area contributed by atoms with Gasteiger partial charge in [-0.05, 0) is 39.0 Å². The molecule has 1 aliphatic rings. The Labute approximate surface area is 69.4 Å². The first kappa shape index (κ1) is 8.79. The van der Waals surface area contributed by atoms with Crippen LogP contribution >= 0.6 is 0 Å². The molecule has 0 aromatic rings. The van der Waals surface area contributed by atoms with Crippen LogP contribution in [0.5, 0.6) is 0 Å². The predicted molar refractivity (Wildman–Crippen MR) is 47.6 cm³/mol. The number of hydrogen-bond acceptors (Lipinski definition) is 1. The topological polar surface area (TPSA) is 9.23 Å². The maximum atomic E-state index is 5.58. The second-order valence-corrected chi connectivity index (χ2v) is 3.06. The van der Waals surface area contributed by atoms with Crippen molar-refractivity contribution in [2.75, 3.05) is 6.61 Å². The largest absolute Gasteiger partial charge is 0.378 e. The Morgan fingerprint density at radius 1 is 1.27 bits per heavy atom. The first-order chi connectivity index (χ1) is 5.43. The van der Waals surface area contributed by atoms with E-state index in [1.54, 1.807) is 0 Å². The van der Waals surface area contributed by atoms with E-state index in [1.807, 2.05) is 0 Å². The molecular weight excluding hydrogens is 136 g/mol. The van der Waals surface area contributed by atoms with E-state index in [2.05, 4.69) is 19.1 Å². The van der Waals surface area contributed by atoms with Crippen molar-refractivity contribution in [2.45, 2.75) is 45.1 Å². The quantitative estimate of drug-likeness (QED) is 0.556. The fraction of sp³-hybridized carbons (Fsp3) is 0.800. The lowest BCUT2D eigenvalue weighted by Crippen LogP contribution is -2.13. The fourth-order valence-electron chi connectivity index (χ4n) is 1.53. The van der Waals surface area contributed by atoms with Crippen LogP contribution in [0.4, 0.5) is 0 Å². The highest BCUT2D eigenvalue weighted by atomic mass is 16.5. The normalized spacial score (nSPS) is 29.0. The van der Waals surface area contributed by atoms with E-state index < -0.39 is 0 Å². The van der Waals surface area contributed by atoms with Gasteiger partial charge in [0.15, 0.2) is 0 Å². The number of hydrogen-bond donors (Lipinski definition) is 0. The summed E-state index contributed by atoms with van der Waals surface area (Å²) in [5.41, 5.74) is 0. The summed E-state index contributed by atoms with van der Waals surface area (Å²) in [5, 5.41) is 0. The van der Waals surface area contributed by atoms with Gasteiger partial charge in [-0.15, -0.1) is 0 Å². The smallest absolute Gasteiger partial charge is 0.0578 e. The molecule has 1 nitrogen and oxygen atoms in total. The Bertz CT molecular complexity index is 118. The molecule has 0 radical (unpaired) electrons. The molecule has 1 atom stereocenters. The monoisotopic (exact) mass is 154 g/mol. The average molecular weight is 154 g/mol. The molecule has 64 valence electrons. The summed E-state index contributed by atoms with van der Waals surface area (Å²) < 4.78 is 5.58. The van der Waals surface area contributed by atoms with Crippen molar-refractivity contribution < 1.29 is 4.74 Å². The van der Waals surface area contributed by atoms with E-state index in [1.165, 1.54) is 32.1 Å². The molecule has 0 N–H and O–H groups in total. The first-order valence-corrected chi connectivity index (χ1v) is 4.70. The Balaban J connectivity index is 2.24. The van der Waals surface area contributed by atoms with E-state index in [0.29, 0.717) is 6.10 Å². The van der Waals surface area contributed by atoms with Crippen LogP contribution in [-0.4, -0.2) is 12.7 Å². The van der Waals surface area contributed by atoms with Crippen LogP contribution in [0.15, 0.2) is 12.2 Å². The van der Waals surface area contributed by atoms with Gasteiger partial charge in [-0.3, -0.25) is 0 Å². The molecule has 0 heterocycles. The molecule has 0 saturated carbocycles. The van der Waals surface area contributed by atoms with Crippen molar-refractivity contribution in [1.82, 2.24) is 0 Å². The molecule has 1 heteroatoms. The second kappa shape index (κ2) is 5.36. The van der Waals surface area contributed by atoms with Crippen LogP contribution in [-0.2, 0) is 4.74 Å². The summed E-state index contributed by atoms with van der Waals surface area (Å²) >= 11 is 0. The third-order valence-electron chi connectivity index (χ3n) is 2.12. The Morgan fingerprint density at radius 3 is 2.91 bits per heavy atom. The molecule has 0 spiro atoms.